The van der Waals surface area contributed by atoms with Crippen LogP contribution in [-0.2, 0) is 9.59 Å². The number of methoxy groups -OCH3 is 1. The quantitative estimate of drug-likeness (QED) is 0.453. The van der Waals surface area contributed by atoms with Crippen LogP contribution < -0.4 is 14.4 Å². The van der Waals surface area contributed by atoms with Gasteiger partial charge in [0.25, 0.3) is 0 Å². The fraction of sp³-hybridized carbons (Fsp3) is 0.348. The van der Waals surface area contributed by atoms with Crippen LogP contribution in [0.4, 0.5) is 5.69 Å². The Hall–Kier alpha value is -3.15. The van der Waals surface area contributed by atoms with Gasteiger partial charge in [-0.1, -0.05) is 24.3 Å². The van der Waals surface area contributed by atoms with Gasteiger partial charge in [0.15, 0.2) is 5.75 Å². The van der Waals surface area contributed by atoms with Gasteiger partial charge in [0.1, 0.15) is 11.3 Å². The molecule has 0 radical (unpaired) electrons. The zero-order valence-electron chi connectivity index (χ0n) is 16.0. The highest BCUT2D eigenvalue weighted by Crippen LogP contribution is 2.57. The molecule has 2 saturated carbocycles. The fourth-order valence-corrected chi connectivity index (χ4v) is 5.34. The number of esters is 1. The van der Waals surface area contributed by atoms with Gasteiger partial charge in [-0.15, -0.1) is 0 Å². The summed E-state index contributed by atoms with van der Waals surface area (Å²) in [5.74, 6) is -0.176. The van der Waals surface area contributed by atoms with Gasteiger partial charge in [-0.3, -0.25) is 9.59 Å². The molecule has 2 amide bonds. The average Bonchev–Trinajstić information content (AvgIpc) is 3.42. The van der Waals surface area contributed by atoms with E-state index in [0.717, 1.165) is 19.3 Å². The minimum absolute atomic E-state index is 0.159. The number of ether oxygens (including phenoxy) is 2. The molecule has 1 saturated heterocycles. The molecule has 6 heteroatoms. The Bertz CT molecular complexity index is 988. The van der Waals surface area contributed by atoms with Crippen LogP contribution in [0.5, 0.6) is 11.5 Å². The number of carbonyl (C=O) groups excluding carboxylic acids is 3. The number of amides is 2. The van der Waals surface area contributed by atoms with E-state index in [1.165, 1.54) is 12.0 Å². The van der Waals surface area contributed by atoms with Crippen LogP contribution in [0.1, 0.15) is 29.6 Å². The van der Waals surface area contributed by atoms with Crippen LogP contribution in [0.2, 0.25) is 0 Å². The molecule has 2 bridgehead atoms. The van der Waals surface area contributed by atoms with Crippen molar-refractivity contribution in [3.05, 3.63) is 54.1 Å². The maximum absolute atomic E-state index is 13.1. The van der Waals surface area contributed by atoms with Gasteiger partial charge in [0.05, 0.1) is 24.6 Å². The number of hydrogen-bond acceptors (Lipinski definition) is 5. The van der Waals surface area contributed by atoms with Gasteiger partial charge in [0.2, 0.25) is 11.8 Å². The van der Waals surface area contributed by atoms with Crippen LogP contribution in [0.3, 0.4) is 0 Å². The zero-order valence-corrected chi connectivity index (χ0v) is 16.0. The molecule has 5 rings (SSSR count). The van der Waals surface area contributed by atoms with Crippen molar-refractivity contribution < 1.29 is 23.9 Å². The van der Waals surface area contributed by atoms with Crippen LogP contribution in [-0.4, -0.2) is 24.9 Å². The third-order valence-electron chi connectivity index (χ3n) is 6.56. The van der Waals surface area contributed by atoms with Gasteiger partial charge in [-0.2, -0.15) is 0 Å². The Morgan fingerprint density at radius 2 is 1.48 bits per heavy atom. The summed E-state index contributed by atoms with van der Waals surface area (Å²) in [6.07, 6.45) is 3.01. The highest BCUT2D eigenvalue weighted by Gasteiger charge is 2.61. The molecule has 0 unspecified atom stereocenters. The third-order valence-corrected chi connectivity index (χ3v) is 6.56. The van der Waals surface area contributed by atoms with Crippen LogP contribution in [0.15, 0.2) is 48.5 Å². The first-order chi connectivity index (χ1) is 14.1. The van der Waals surface area contributed by atoms with Crippen LogP contribution in [0.25, 0.3) is 0 Å². The molecule has 2 aromatic carbocycles. The molecular weight excluding hydrogens is 370 g/mol. The van der Waals surface area contributed by atoms with E-state index in [1.54, 1.807) is 48.5 Å². The monoisotopic (exact) mass is 391 g/mol. The van der Waals surface area contributed by atoms with E-state index in [1.807, 2.05) is 0 Å². The number of anilines is 1. The molecule has 2 aliphatic carbocycles. The van der Waals surface area contributed by atoms with Crippen LogP contribution in [0, 0.1) is 23.7 Å². The average molecular weight is 391 g/mol. The molecule has 3 aliphatic rings. The van der Waals surface area contributed by atoms with E-state index in [-0.39, 0.29) is 35.0 Å². The smallest absolute Gasteiger partial charge is 0.347 e. The Labute approximate surface area is 168 Å². The number of para-hydroxylation sites is 3. The number of hydrogen-bond donors (Lipinski definition) is 0. The summed E-state index contributed by atoms with van der Waals surface area (Å²) in [7, 11) is 1.48. The zero-order chi connectivity index (χ0) is 20.1. The number of rotatable bonds is 4. The minimum Gasteiger partial charge on any atom is -0.496 e. The van der Waals surface area contributed by atoms with Gasteiger partial charge in [0, 0.05) is 0 Å². The van der Waals surface area contributed by atoms with Crippen molar-refractivity contribution in [3.63, 3.8) is 0 Å². The van der Waals surface area contributed by atoms with Gasteiger partial charge < -0.3 is 9.47 Å². The van der Waals surface area contributed by atoms with Gasteiger partial charge in [-0.05, 0) is 55.4 Å². The lowest BCUT2D eigenvalue weighted by Crippen LogP contribution is -2.33. The Balaban J connectivity index is 1.47. The Morgan fingerprint density at radius 3 is 2.14 bits per heavy atom. The molecule has 1 heterocycles. The molecule has 3 fully saturated rings. The van der Waals surface area contributed by atoms with E-state index < -0.39 is 5.97 Å². The second-order valence-electron chi connectivity index (χ2n) is 7.95. The summed E-state index contributed by atoms with van der Waals surface area (Å²) in [4.78, 5) is 40.3. The van der Waals surface area contributed by atoms with Crippen molar-refractivity contribution in [1.29, 1.82) is 0 Å². The van der Waals surface area contributed by atoms with E-state index in [2.05, 4.69) is 0 Å². The molecule has 148 valence electrons. The number of fused-ring (bicyclic) bond motifs is 5. The molecule has 0 spiro atoms. The molecular formula is C23H21NO5. The maximum Gasteiger partial charge on any atom is 0.347 e. The van der Waals surface area contributed by atoms with E-state index >= 15 is 0 Å². The summed E-state index contributed by atoms with van der Waals surface area (Å²) >= 11 is 0. The second kappa shape index (κ2) is 6.72. The highest BCUT2D eigenvalue weighted by molar-refractivity contribution is 6.23. The van der Waals surface area contributed by atoms with Crippen molar-refractivity contribution in [2.75, 3.05) is 12.0 Å². The van der Waals surface area contributed by atoms with E-state index in [9.17, 15) is 14.4 Å². The van der Waals surface area contributed by atoms with E-state index in [4.69, 9.17) is 9.47 Å². The minimum atomic E-state index is -0.603. The van der Waals surface area contributed by atoms with Crippen molar-refractivity contribution >= 4 is 23.5 Å². The predicted octanol–water partition coefficient (Wildman–Crippen LogP) is 3.45. The molecule has 0 aromatic heterocycles. The maximum atomic E-state index is 13.1. The fourth-order valence-electron chi connectivity index (χ4n) is 5.34. The van der Waals surface area contributed by atoms with Crippen molar-refractivity contribution in [3.8, 4) is 11.5 Å². The third kappa shape index (κ3) is 2.66. The molecule has 4 atom stereocenters. The summed E-state index contributed by atoms with van der Waals surface area (Å²) in [6.45, 7) is 0. The molecule has 1 aliphatic heterocycles. The predicted molar refractivity (Wildman–Crippen MR) is 105 cm³/mol. The van der Waals surface area contributed by atoms with Crippen molar-refractivity contribution in [1.82, 2.24) is 0 Å². The SMILES string of the molecule is COc1ccccc1C(=O)Oc1ccccc1N1C(=O)[C@@H]2[C@H]3CC[C@@H](C3)[C@@H]2C1=O. The topological polar surface area (TPSA) is 72.9 Å². The summed E-state index contributed by atoms with van der Waals surface area (Å²) in [6, 6.07) is 13.5. The molecule has 6 nitrogen and oxygen atoms in total. The number of nitrogens with zero attached hydrogens (tertiary/aromatic N) is 1. The lowest BCUT2D eigenvalue weighted by Gasteiger charge is -2.20. The Morgan fingerprint density at radius 1 is 0.897 bits per heavy atom. The largest absolute Gasteiger partial charge is 0.496 e. The van der Waals surface area contributed by atoms with Crippen LogP contribution >= 0.6 is 0 Å². The van der Waals surface area contributed by atoms with Gasteiger partial charge >= 0.3 is 5.97 Å². The summed E-state index contributed by atoms with van der Waals surface area (Å²) in [5.41, 5.74) is 0.610. The normalized spacial score (nSPS) is 27.3. The van der Waals surface area contributed by atoms with Crippen molar-refractivity contribution in [2.24, 2.45) is 23.7 Å². The molecule has 29 heavy (non-hydrogen) atoms. The Kier molecular flexibility index (Phi) is 4.15. The first-order valence-electron chi connectivity index (χ1n) is 9.92. The standard InChI is InChI=1S/C23H21NO5/c1-28-17-8-4-2-6-15(17)23(27)29-18-9-5-3-7-16(18)24-21(25)19-13-10-11-14(12-13)20(19)22(24)26/h2-9,13-14,19-20H,10-12H2,1H3/t13-,14-,19-,20+/m0/s1. The number of carbonyl (C=O) groups is 3. The van der Waals surface area contributed by atoms with Gasteiger partial charge in [-0.25, -0.2) is 9.69 Å². The van der Waals surface area contributed by atoms with Crippen molar-refractivity contribution in [2.45, 2.75) is 19.3 Å². The lowest BCUT2D eigenvalue weighted by atomic mass is 9.81. The lowest BCUT2D eigenvalue weighted by molar-refractivity contribution is -0.123. The number of imide groups is 1. The first kappa shape index (κ1) is 17.9. The summed E-state index contributed by atoms with van der Waals surface area (Å²) < 4.78 is 10.8. The number of benzene rings is 2. The summed E-state index contributed by atoms with van der Waals surface area (Å²) in [5, 5.41) is 0. The van der Waals surface area contributed by atoms with E-state index in [0.29, 0.717) is 23.3 Å². The first-order valence-corrected chi connectivity index (χ1v) is 9.92. The second-order valence-corrected chi connectivity index (χ2v) is 7.95. The molecule has 0 N–H and O–H groups in total. The molecule has 2 aromatic rings. The highest BCUT2D eigenvalue weighted by atomic mass is 16.5.